The van der Waals surface area contributed by atoms with Gasteiger partial charge in [0.2, 0.25) is 0 Å². The molecule has 1 aromatic heterocycles. The minimum Gasteiger partial charge on any atom is -0.378 e. The van der Waals surface area contributed by atoms with Crippen LogP contribution >= 0.6 is 35.3 Å². The highest BCUT2D eigenvalue weighted by Crippen LogP contribution is 2.20. The number of rotatable bonds is 7. The van der Waals surface area contributed by atoms with Crippen LogP contribution in [0.15, 0.2) is 11.2 Å². The molecule has 23 heavy (non-hydrogen) atoms. The van der Waals surface area contributed by atoms with Gasteiger partial charge < -0.3 is 15.4 Å². The maximum Gasteiger partial charge on any atom is 0.191 e. The molecule has 0 aromatic carbocycles. The van der Waals surface area contributed by atoms with Crippen molar-refractivity contribution in [2.45, 2.75) is 58.1 Å². The van der Waals surface area contributed by atoms with Crippen LogP contribution in [0.2, 0.25) is 0 Å². The first kappa shape index (κ1) is 20.6. The van der Waals surface area contributed by atoms with Crippen molar-refractivity contribution in [3.63, 3.8) is 0 Å². The zero-order chi connectivity index (χ0) is 15.6. The molecule has 1 heterocycles. The highest BCUT2D eigenvalue weighted by molar-refractivity contribution is 14.0. The number of aromatic nitrogens is 1. The van der Waals surface area contributed by atoms with E-state index in [-0.39, 0.29) is 24.0 Å². The second-order valence-corrected chi connectivity index (χ2v) is 7.00. The molecule has 0 atom stereocenters. The molecule has 0 bridgehead atoms. The van der Waals surface area contributed by atoms with Crippen LogP contribution in [0.1, 0.15) is 48.4 Å². The number of hydrogen-bond acceptors (Lipinski definition) is 4. The summed E-state index contributed by atoms with van der Waals surface area (Å²) in [6.07, 6.45) is 9.95. The third-order valence-electron chi connectivity index (χ3n) is 3.84. The van der Waals surface area contributed by atoms with Crippen LogP contribution in [0.4, 0.5) is 0 Å². The van der Waals surface area contributed by atoms with E-state index in [0.29, 0.717) is 6.10 Å². The zero-order valence-electron chi connectivity index (χ0n) is 14.1. The largest absolute Gasteiger partial charge is 0.378 e. The van der Waals surface area contributed by atoms with Crippen molar-refractivity contribution < 1.29 is 4.74 Å². The van der Waals surface area contributed by atoms with Crippen LogP contribution < -0.4 is 10.6 Å². The summed E-state index contributed by atoms with van der Waals surface area (Å²) in [4.78, 5) is 9.71. The topological polar surface area (TPSA) is 58.5 Å². The molecule has 132 valence electrons. The Morgan fingerprint density at radius 3 is 2.78 bits per heavy atom. The van der Waals surface area contributed by atoms with Gasteiger partial charge in [-0.2, -0.15) is 0 Å². The van der Waals surface area contributed by atoms with E-state index in [9.17, 15) is 0 Å². The minimum absolute atomic E-state index is 0. The van der Waals surface area contributed by atoms with E-state index in [4.69, 9.17) is 4.74 Å². The molecule has 0 unspecified atom stereocenters. The van der Waals surface area contributed by atoms with Crippen molar-refractivity contribution in [2.75, 3.05) is 20.2 Å². The molecule has 0 amide bonds. The lowest BCUT2D eigenvalue weighted by atomic mass is 9.98. The monoisotopic (exact) mass is 452 g/mol. The average molecular weight is 452 g/mol. The second kappa shape index (κ2) is 12.0. The van der Waals surface area contributed by atoms with Gasteiger partial charge in [0.25, 0.3) is 0 Å². The molecule has 0 spiro atoms. The van der Waals surface area contributed by atoms with Gasteiger partial charge in [-0.1, -0.05) is 19.3 Å². The Bertz CT molecular complexity index is 461. The number of aliphatic imine (C=N–C) groups is 1. The van der Waals surface area contributed by atoms with Gasteiger partial charge in [-0.05, 0) is 26.2 Å². The highest BCUT2D eigenvalue weighted by atomic mass is 127. The van der Waals surface area contributed by atoms with Crippen molar-refractivity contribution >= 4 is 41.3 Å². The third-order valence-corrected chi connectivity index (χ3v) is 4.75. The molecule has 5 nitrogen and oxygen atoms in total. The summed E-state index contributed by atoms with van der Waals surface area (Å²) in [5.74, 6) is 0.837. The van der Waals surface area contributed by atoms with Gasteiger partial charge in [0.15, 0.2) is 5.96 Å². The van der Waals surface area contributed by atoms with Crippen LogP contribution in [-0.4, -0.2) is 37.2 Å². The van der Waals surface area contributed by atoms with Gasteiger partial charge in [-0.25, -0.2) is 4.98 Å². The van der Waals surface area contributed by atoms with Gasteiger partial charge in [0.1, 0.15) is 0 Å². The van der Waals surface area contributed by atoms with E-state index in [0.717, 1.165) is 37.1 Å². The molecule has 0 saturated heterocycles. The van der Waals surface area contributed by atoms with E-state index in [1.54, 1.807) is 18.4 Å². The molecular weight excluding hydrogens is 423 g/mol. The van der Waals surface area contributed by atoms with Crippen LogP contribution in [-0.2, 0) is 11.3 Å². The Balaban J connectivity index is 0.00000264. The first-order valence-corrected chi connectivity index (χ1v) is 9.07. The van der Waals surface area contributed by atoms with E-state index in [1.807, 2.05) is 13.1 Å². The molecule has 1 saturated carbocycles. The van der Waals surface area contributed by atoms with Gasteiger partial charge in [0.05, 0.1) is 17.7 Å². The number of halogens is 1. The number of nitrogens with one attached hydrogen (secondary N) is 2. The van der Waals surface area contributed by atoms with Crippen molar-refractivity contribution in [1.82, 2.24) is 15.6 Å². The highest BCUT2D eigenvalue weighted by Gasteiger charge is 2.12. The Labute approximate surface area is 160 Å². The number of aryl methyl sites for hydroxylation is 1. The molecule has 0 radical (unpaired) electrons. The summed E-state index contributed by atoms with van der Waals surface area (Å²) >= 11 is 1.71. The molecule has 7 heteroatoms. The van der Waals surface area contributed by atoms with Gasteiger partial charge >= 0.3 is 0 Å². The normalized spacial score (nSPS) is 16.0. The number of nitrogens with zero attached hydrogens (tertiary/aromatic N) is 2. The molecule has 1 aromatic rings. The quantitative estimate of drug-likeness (QED) is 0.288. The van der Waals surface area contributed by atoms with Crippen LogP contribution in [0.25, 0.3) is 0 Å². The molecule has 1 aliphatic carbocycles. The average Bonchev–Trinajstić information content (AvgIpc) is 2.96. The third kappa shape index (κ3) is 8.30. The fourth-order valence-electron chi connectivity index (χ4n) is 2.64. The van der Waals surface area contributed by atoms with Gasteiger partial charge in [0, 0.05) is 31.3 Å². The van der Waals surface area contributed by atoms with Gasteiger partial charge in [-0.15, -0.1) is 35.3 Å². The lowest BCUT2D eigenvalue weighted by Gasteiger charge is -2.22. The summed E-state index contributed by atoms with van der Waals surface area (Å²) in [5.41, 5.74) is 0. The van der Waals surface area contributed by atoms with Crippen molar-refractivity contribution in [2.24, 2.45) is 4.99 Å². The predicted octanol–water partition coefficient (Wildman–Crippen LogP) is 3.47. The van der Waals surface area contributed by atoms with E-state index in [2.05, 4.69) is 20.6 Å². The minimum atomic E-state index is 0. The molecule has 1 aliphatic rings. The number of thiazole rings is 1. The summed E-state index contributed by atoms with van der Waals surface area (Å²) in [7, 11) is 1.80. The molecule has 2 rings (SSSR count). The summed E-state index contributed by atoms with van der Waals surface area (Å²) in [5, 5.41) is 7.73. The fraction of sp³-hybridized carbons (Fsp3) is 0.750. The molecular formula is C16H29IN4OS. The summed E-state index contributed by atoms with van der Waals surface area (Å²) < 4.78 is 5.92. The molecule has 0 aliphatic heterocycles. The SMILES string of the molecule is CN=C(NCCCOC1CCCCC1)NCc1cnc(C)s1.I. The fourth-order valence-corrected chi connectivity index (χ4v) is 3.37. The van der Waals surface area contributed by atoms with Gasteiger partial charge in [-0.3, -0.25) is 4.99 Å². The van der Waals surface area contributed by atoms with Crippen LogP contribution in [0.5, 0.6) is 0 Å². The Morgan fingerprint density at radius 1 is 1.35 bits per heavy atom. The van der Waals surface area contributed by atoms with Crippen LogP contribution in [0, 0.1) is 6.92 Å². The standard InChI is InChI=1S/C16H28N4OS.HI/c1-13-19-11-15(22-13)12-20-16(17-2)18-9-6-10-21-14-7-4-3-5-8-14;/h11,14H,3-10,12H2,1-2H3,(H2,17,18,20);1H. The number of hydrogen-bond donors (Lipinski definition) is 2. The first-order valence-electron chi connectivity index (χ1n) is 8.25. The van der Waals surface area contributed by atoms with Crippen molar-refractivity contribution in [1.29, 1.82) is 0 Å². The van der Waals surface area contributed by atoms with Crippen molar-refractivity contribution in [3.05, 3.63) is 16.1 Å². The molecule has 1 fully saturated rings. The van der Waals surface area contributed by atoms with E-state index in [1.165, 1.54) is 37.0 Å². The van der Waals surface area contributed by atoms with E-state index < -0.39 is 0 Å². The maximum atomic E-state index is 5.92. The van der Waals surface area contributed by atoms with Crippen LogP contribution in [0.3, 0.4) is 0 Å². The zero-order valence-corrected chi connectivity index (χ0v) is 17.3. The van der Waals surface area contributed by atoms with E-state index >= 15 is 0 Å². The maximum absolute atomic E-state index is 5.92. The number of ether oxygens (including phenoxy) is 1. The van der Waals surface area contributed by atoms with Crippen molar-refractivity contribution in [3.8, 4) is 0 Å². The Kier molecular flexibility index (Phi) is 10.8. The second-order valence-electron chi connectivity index (χ2n) is 5.68. The lowest BCUT2D eigenvalue weighted by Crippen LogP contribution is -2.37. The number of guanidine groups is 1. The smallest absolute Gasteiger partial charge is 0.191 e. The first-order chi connectivity index (χ1) is 10.8. The Hall–Kier alpha value is -0.410. The predicted molar refractivity (Wildman–Crippen MR) is 108 cm³/mol. The summed E-state index contributed by atoms with van der Waals surface area (Å²) in [6, 6.07) is 0. The summed E-state index contributed by atoms with van der Waals surface area (Å²) in [6.45, 7) is 4.51. The molecule has 2 N–H and O–H groups in total. The lowest BCUT2D eigenvalue weighted by molar-refractivity contribution is 0.0277. The Morgan fingerprint density at radius 2 is 2.13 bits per heavy atom.